The molecule has 3 aliphatic rings. The number of carbonyl (C=O) groups excluding carboxylic acids is 1. The standard InChI is InChI=1S/C25H32FN5O3/c1-25(34-3)11-13-30(14-12-25)17-9-7-16(8-10-17)22-23-19(27-28-22)15-21(32)31(29-23)24-18(26)5-4-6-20(24)33-2/h4-10,19,22-23,27-29H,11-15H2,1-3H3. The Morgan fingerprint density at radius 2 is 1.79 bits per heavy atom. The molecular weight excluding hydrogens is 437 g/mol. The SMILES string of the molecule is COc1cccc(F)c1N1NC2C(CC1=O)NNC2c1ccc(N2CCC(C)(OC)CC2)cc1. The highest BCUT2D eigenvalue weighted by atomic mass is 19.1. The first-order valence-corrected chi connectivity index (χ1v) is 11.8. The average Bonchev–Trinajstić information content (AvgIpc) is 3.26. The van der Waals surface area contributed by atoms with Crippen LogP contribution in [0.5, 0.6) is 5.75 Å². The molecule has 8 nitrogen and oxygen atoms in total. The fourth-order valence-electron chi connectivity index (χ4n) is 5.14. The third kappa shape index (κ3) is 4.13. The Labute approximate surface area is 199 Å². The number of carbonyl (C=O) groups is 1. The lowest BCUT2D eigenvalue weighted by molar-refractivity contribution is -0.121. The van der Waals surface area contributed by atoms with Crippen molar-refractivity contribution in [2.24, 2.45) is 0 Å². The van der Waals surface area contributed by atoms with Crippen LogP contribution in [0.3, 0.4) is 0 Å². The molecule has 0 aliphatic carbocycles. The van der Waals surface area contributed by atoms with Crippen molar-refractivity contribution >= 4 is 17.3 Å². The van der Waals surface area contributed by atoms with E-state index in [0.717, 1.165) is 31.5 Å². The molecule has 3 heterocycles. The van der Waals surface area contributed by atoms with Gasteiger partial charge in [0.2, 0.25) is 5.91 Å². The van der Waals surface area contributed by atoms with Crippen molar-refractivity contribution in [1.82, 2.24) is 16.3 Å². The van der Waals surface area contributed by atoms with Crippen LogP contribution in [0.25, 0.3) is 0 Å². The van der Waals surface area contributed by atoms with E-state index in [0.29, 0.717) is 5.75 Å². The van der Waals surface area contributed by atoms with Gasteiger partial charge in [0.25, 0.3) is 0 Å². The van der Waals surface area contributed by atoms with Gasteiger partial charge < -0.3 is 14.4 Å². The van der Waals surface area contributed by atoms with Crippen LogP contribution in [0.15, 0.2) is 42.5 Å². The Bertz CT molecular complexity index is 1040. The molecular formula is C25H32FN5O3. The Balaban J connectivity index is 1.33. The van der Waals surface area contributed by atoms with Crippen molar-refractivity contribution in [3.63, 3.8) is 0 Å². The van der Waals surface area contributed by atoms with Crippen molar-refractivity contribution in [1.29, 1.82) is 0 Å². The van der Waals surface area contributed by atoms with Crippen LogP contribution in [-0.2, 0) is 9.53 Å². The number of halogens is 1. The van der Waals surface area contributed by atoms with E-state index in [1.807, 2.05) is 0 Å². The number of hydrogen-bond donors (Lipinski definition) is 3. The lowest BCUT2D eigenvalue weighted by Crippen LogP contribution is -2.60. The third-order valence-corrected chi connectivity index (χ3v) is 7.46. The number of piperidine rings is 1. The first-order chi connectivity index (χ1) is 16.4. The molecule has 3 fully saturated rings. The highest BCUT2D eigenvalue weighted by Gasteiger charge is 2.45. The van der Waals surface area contributed by atoms with Crippen LogP contribution in [0, 0.1) is 5.82 Å². The molecule has 3 unspecified atom stereocenters. The van der Waals surface area contributed by atoms with Gasteiger partial charge in [0, 0.05) is 38.3 Å². The summed E-state index contributed by atoms with van der Waals surface area (Å²) in [4.78, 5) is 15.2. The van der Waals surface area contributed by atoms with Gasteiger partial charge in [-0.25, -0.2) is 20.3 Å². The van der Waals surface area contributed by atoms with E-state index in [-0.39, 0.29) is 41.7 Å². The van der Waals surface area contributed by atoms with E-state index in [4.69, 9.17) is 9.47 Å². The number of para-hydroxylation sites is 1. The summed E-state index contributed by atoms with van der Waals surface area (Å²) in [5.74, 6) is -0.419. The van der Waals surface area contributed by atoms with Crippen LogP contribution in [0.4, 0.5) is 15.8 Å². The van der Waals surface area contributed by atoms with E-state index in [2.05, 4.69) is 52.4 Å². The average molecular weight is 470 g/mol. The van der Waals surface area contributed by atoms with Crippen LogP contribution in [0.1, 0.15) is 37.8 Å². The van der Waals surface area contributed by atoms with Crippen molar-refractivity contribution in [3.8, 4) is 5.75 Å². The van der Waals surface area contributed by atoms with Crippen molar-refractivity contribution in [2.45, 2.75) is 49.9 Å². The molecule has 2 aromatic carbocycles. The largest absolute Gasteiger partial charge is 0.494 e. The molecule has 182 valence electrons. The zero-order valence-electron chi connectivity index (χ0n) is 19.8. The van der Waals surface area contributed by atoms with E-state index in [9.17, 15) is 9.18 Å². The Morgan fingerprint density at radius 1 is 1.06 bits per heavy atom. The van der Waals surface area contributed by atoms with Gasteiger partial charge in [-0.1, -0.05) is 18.2 Å². The molecule has 0 saturated carbocycles. The number of hydrogen-bond acceptors (Lipinski definition) is 7. The van der Waals surface area contributed by atoms with Gasteiger partial charge in [-0.2, -0.15) is 0 Å². The maximum atomic E-state index is 14.7. The highest BCUT2D eigenvalue weighted by Crippen LogP contribution is 2.36. The summed E-state index contributed by atoms with van der Waals surface area (Å²) in [6.45, 7) is 4.09. The molecule has 3 N–H and O–H groups in total. The number of rotatable bonds is 5. The normalized spacial score (nSPS) is 26.5. The first kappa shape index (κ1) is 23.0. The first-order valence-electron chi connectivity index (χ1n) is 11.8. The molecule has 34 heavy (non-hydrogen) atoms. The maximum absolute atomic E-state index is 14.7. The smallest absolute Gasteiger partial charge is 0.243 e. The molecule has 0 aromatic heterocycles. The topological polar surface area (TPSA) is 78.1 Å². The highest BCUT2D eigenvalue weighted by molar-refractivity contribution is 5.95. The zero-order valence-corrected chi connectivity index (χ0v) is 19.8. The van der Waals surface area contributed by atoms with Gasteiger partial charge in [0.1, 0.15) is 11.4 Å². The van der Waals surface area contributed by atoms with Gasteiger partial charge in [0.15, 0.2) is 5.82 Å². The molecule has 0 bridgehead atoms. The molecule has 1 amide bonds. The van der Waals surface area contributed by atoms with Crippen LogP contribution < -0.4 is 30.9 Å². The minimum Gasteiger partial charge on any atom is -0.494 e. The number of ether oxygens (including phenoxy) is 2. The lowest BCUT2D eigenvalue weighted by Gasteiger charge is -2.39. The summed E-state index contributed by atoms with van der Waals surface area (Å²) in [7, 11) is 3.26. The minimum absolute atomic E-state index is 0.0399. The predicted molar refractivity (Wildman–Crippen MR) is 128 cm³/mol. The second-order valence-corrected chi connectivity index (χ2v) is 9.48. The summed E-state index contributed by atoms with van der Waals surface area (Å²) in [5.41, 5.74) is 12.2. The van der Waals surface area contributed by atoms with E-state index < -0.39 is 5.82 Å². The predicted octanol–water partition coefficient (Wildman–Crippen LogP) is 2.67. The number of methoxy groups -OCH3 is 2. The van der Waals surface area contributed by atoms with E-state index >= 15 is 0 Å². The number of fused-ring (bicyclic) bond motifs is 1. The summed E-state index contributed by atoms with van der Waals surface area (Å²) in [6, 6.07) is 12.7. The lowest BCUT2D eigenvalue weighted by atomic mass is 9.92. The maximum Gasteiger partial charge on any atom is 0.243 e. The monoisotopic (exact) mass is 469 g/mol. The van der Waals surface area contributed by atoms with Crippen LogP contribution in [0.2, 0.25) is 0 Å². The molecule has 3 saturated heterocycles. The quantitative estimate of drug-likeness (QED) is 0.622. The van der Waals surface area contributed by atoms with Gasteiger partial charge >= 0.3 is 0 Å². The Kier molecular flexibility index (Phi) is 6.20. The van der Waals surface area contributed by atoms with Crippen LogP contribution >= 0.6 is 0 Å². The number of nitrogens with zero attached hydrogens (tertiary/aromatic N) is 2. The number of benzene rings is 2. The Morgan fingerprint density at radius 3 is 2.47 bits per heavy atom. The molecule has 3 atom stereocenters. The molecule has 0 spiro atoms. The van der Waals surface area contributed by atoms with Gasteiger partial charge in [-0.3, -0.25) is 10.2 Å². The Hall–Kier alpha value is -2.72. The zero-order chi connectivity index (χ0) is 23.9. The summed E-state index contributed by atoms with van der Waals surface area (Å²) in [5, 5.41) is 1.30. The van der Waals surface area contributed by atoms with Crippen molar-refractivity contribution in [2.75, 3.05) is 37.2 Å². The third-order valence-electron chi connectivity index (χ3n) is 7.46. The number of nitrogens with one attached hydrogen (secondary N) is 3. The summed E-state index contributed by atoms with van der Waals surface area (Å²) < 4.78 is 25.7. The van der Waals surface area contributed by atoms with Gasteiger partial charge in [0.05, 0.1) is 24.8 Å². The molecule has 5 rings (SSSR count). The van der Waals surface area contributed by atoms with Crippen LogP contribution in [-0.4, -0.2) is 50.9 Å². The molecule has 3 aliphatic heterocycles. The molecule has 9 heteroatoms. The minimum atomic E-state index is -0.510. The van der Waals surface area contributed by atoms with Gasteiger partial charge in [-0.05, 0) is 49.6 Å². The summed E-state index contributed by atoms with van der Waals surface area (Å²) >= 11 is 0. The number of amides is 1. The number of anilines is 2. The molecule has 0 radical (unpaired) electrons. The van der Waals surface area contributed by atoms with Crippen molar-refractivity contribution < 1.29 is 18.7 Å². The second-order valence-electron chi connectivity index (χ2n) is 9.48. The summed E-state index contributed by atoms with van der Waals surface area (Å²) in [6.07, 6.45) is 2.23. The fourth-order valence-corrected chi connectivity index (χ4v) is 5.14. The fraction of sp³-hybridized carbons (Fsp3) is 0.480. The molecule has 2 aromatic rings. The van der Waals surface area contributed by atoms with E-state index in [1.54, 1.807) is 19.2 Å². The van der Waals surface area contributed by atoms with Crippen molar-refractivity contribution in [3.05, 3.63) is 53.8 Å². The van der Waals surface area contributed by atoms with Gasteiger partial charge in [-0.15, -0.1) is 0 Å². The number of hydrazine groups is 2. The van der Waals surface area contributed by atoms with E-state index in [1.165, 1.54) is 23.9 Å². The second kappa shape index (κ2) is 9.14.